The van der Waals surface area contributed by atoms with Gasteiger partial charge in [0.25, 0.3) is 5.91 Å². The minimum atomic E-state index is -0.191. The average Bonchev–Trinajstić information content (AvgIpc) is 3.26. The molecule has 0 bridgehead atoms. The Labute approximate surface area is 200 Å². The van der Waals surface area contributed by atoms with Crippen LogP contribution in [0, 0.1) is 0 Å². The van der Waals surface area contributed by atoms with E-state index in [1.165, 1.54) is 0 Å². The molecule has 0 radical (unpaired) electrons. The van der Waals surface area contributed by atoms with Crippen molar-refractivity contribution in [3.63, 3.8) is 0 Å². The largest absolute Gasteiger partial charge is 0.508 e. The van der Waals surface area contributed by atoms with Gasteiger partial charge in [0.15, 0.2) is 5.78 Å². The van der Waals surface area contributed by atoms with Gasteiger partial charge in [-0.1, -0.05) is 56.3 Å². The van der Waals surface area contributed by atoms with E-state index in [-0.39, 0.29) is 29.4 Å². The van der Waals surface area contributed by atoms with Gasteiger partial charge in [-0.2, -0.15) is 0 Å². The fourth-order valence-corrected chi connectivity index (χ4v) is 4.70. The molecule has 2 atom stereocenters. The number of hydrogen-bond donors (Lipinski definition) is 2. The van der Waals surface area contributed by atoms with Crippen molar-refractivity contribution in [1.29, 1.82) is 0 Å². The van der Waals surface area contributed by atoms with E-state index in [2.05, 4.69) is 5.32 Å². The molecule has 6 heteroatoms. The van der Waals surface area contributed by atoms with Crippen molar-refractivity contribution in [1.82, 2.24) is 9.88 Å². The SMILES string of the molecule is CC[C@@H](CC(=O)c1cc(C(=O)N[C@H](CC)c2ccccc2)c2n1CCOC2)c1cccc(O)c1. The van der Waals surface area contributed by atoms with Gasteiger partial charge in [-0.05, 0) is 48.1 Å². The fraction of sp³-hybridized carbons (Fsp3) is 0.357. The third kappa shape index (κ3) is 5.07. The second-order valence-electron chi connectivity index (χ2n) is 8.77. The molecule has 4 rings (SSSR count). The molecule has 0 spiro atoms. The standard InChI is InChI=1S/C28H32N2O4/c1-3-19(21-11-8-12-22(31)15-21)16-27(32)25-17-23(26-18-34-14-13-30(25)26)28(33)29-24(4-2)20-9-6-5-7-10-20/h5-12,15,17,19,24,31H,3-4,13-14,16,18H2,1-2H3,(H,29,33)/t19-,24+/m0/s1. The van der Waals surface area contributed by atoms with Crippen molar-refractivity contribution >= 4 is 11.7 Å². The van der Waals surface area contributed by atoms with E-state index < -0.39 is 0 Å². The first kappa shape index (κ1) is 23.8. The van der Waals surface area contributed by atoms with Crippen molar-refractivity contribution < 1.29 is 19.4 Å². The number of aromatic hydroxyl groups is 1. The predicted octanol–water partition coefficient (Wildman–Crippen LogP) is 5.37. The number of aromatic nitrogens is 1. The molecule has 6 nitrogen and oxygen atoms in total. The zero-order valence-electron chi connectivity index (χ0n) is 19.8. The first-order valence-electron chi connectivity index (χ1n) is 12.0. The van der Waals surface area contributed by atoms with Crippen molar-refractivity contribution in [3.05, 3.63) is 88.7 Å². The Balaban J connectivity index is 1.59. The molecule has 178 valence electrons. The van der Waals surface area contributed by atoms with Gasteiger partial charge in [0.05, 0.1) is 36.2 Å². The molecule has 0 fully saturated rings. The molecule has 0 unspecified atom stereocenters. The number of nitrogens with zero attached hydrogens (tertiary/aromatic N) is 1. The molecule has 1 aliphatic rings. The molecule has 3 aromatic rings. The molecular formula is C28H32N2O4. The Morgan fingerprint density at radius 1 is 1.03 bits per heavy atom. The van der Waals surface area contributed by atoms with Crippen molar-refractivity contribution in [3.8, 4) is 5.75 Å². The van der Waals surface area contributed by atoms with E-state index in [1.54, 1.807) is 24.3 Å². The van der Waals surface area contributed by atoms with Crippen LogP contribution in [0.3, 0.4) is 0 Å². The predicted molar refractivity (Wildman–Crippen MR) is 131 cm³/mol. The number of phenolic OH excluding ortho intramolecular Hbond substituents is 1. The average molecular weight is 461 g/mol. The summed E-state index contributed by atoms with van der Waals surface area (Å²) in [4.78, 5) is 26.7. The summed E-state index contributed by atoms with van der Waals surface area (Å²) in [6.45, 7) is 5.44. The van der Waals surface area contributed by atoms with Gasteiger partial charge in [0, 0.05) is 13.0 Å². The molecule has 0 aliphatic carbocycles. The molecular weight excluding hydrogens is 428 g/mol. The Morgan fingerprint density at radius 3 is 2.50 bits per heavy atom. The van der Waals surface area contributed by atoms with Gasteiger partial charge in [-0.25, -0.2) is 0 Å². The number of phenols is 1. The first-order chi connectivity index (χ1) is 16.5. The zero-order valence-corrected chi connectivity index (χ0v) is 19.8. The summed E-state index contributed by atoms with van der Waals surface area (Å²) in [6.07, 6.45) is 1.84. The normalized spacial score (nSPS) is 14.8. The Hall–Kier alpha value is -3.38. The summed E-state index contributed by atoms with van der Waals surface area (Å²) in [5.74, 6) is -0.00888. The van der Waals surface area contributed by atoms with Crippen LogP contribution in [0.25, 0.3) is 0 Å². The number of ether oxygens (including phenoxy) is 1. The second-order valence-corrected chi connectivity index (χ2v) is 8.77. The molecule has 1 aliphatic heterocycles. The van der Waals surface area contributed by atoms with Crippen molar-refractivity contribution in [2.45, 2.75) is 58.2 Å². The molecule has 2 N–H and O–H groups in total. The number of amides is 1. The van der Waals surface area contributed by atoms with E-state index in [0.717, 1.165) is 29.7 Å². The molecule has 1 amide bonds. The summed E-state index contributed by atoms with van der Waals surface area (Å²) in [7, 11) is 0. The maximum atomic E-state index is 13.4. The lowest BCUT2D eigenvalue weighted by Gasteiger charge is -2.21. The summed E-state index contributed by atoms with van der Waals surface area (Å²) < 4.78 is 7.58. The molecule has 0 saturated heterocycles. The van der Waals surface area contributed by atoms with Crippen LogP contribution >= 0.6 is 0 Å². The highest BCUT2D eigenvalue weighted by Crippen LogP contribution is 2.30. The van der Waals surface area contributed by atoms with Crippen LogP contribution in [0.15, 0.2) is 60.7 Å². The summed E-state index contributed by atoms with van der Waals surface area (Å²) in [5.41, 5.74) is 3.80. The Bertz CT molecular complexity index is 1150. The van der Waals surface area contributed by atoms with Gasteiger partial charge < -0.3 is 19.7 Å². The van der Waals surface area contributed by atoms with Gasteiger partial charge in [0.1, 0.15) is 5.75 Å². The maximum Gasteiger partial charge on any atom is 0.253 e. The van der Waals surface area contributed by atoms with Crippen molar-refractivity contribution in [2.24, 2.45) is 0 Å². The lowest BCUT2D eigenvalue weighted by molar-refractivity contribution is 0.0780. The third-order valence-corrected chi connectivity index (χ3v) is 6.62. The quantitative estimate of drug-likeness (QED) is 0.421. The summed E-state index contributed by atoms with van der Waals surface area (Å²) in [5, 5.41) is 13.0. The zero-order chi connectivity index (χ0) is 24.1. The Morgan fingerprint density at radius 2 is 1.79 bits per heavy atom. The highest BCUT2D eigenvalue weighted by atomic mass is 16.5. The van der Waals surface area contributed by atoms with Crippen LogP contribution in [0.5, 0.6) is 5.75 Å². The number of fused-ring (bicyclic) bond motifs is 1. The smallest absolute Gasteiger partial charge is 0.253 e. The number of ketones is 1. The minimum absolute atomic E-state index is 0.00695. The van der Waals surface area contributed by atoms with E-state index in [1.807, 2.05) is 54.8 Å². The molecule has 1 aromatic heterocycles. The van der Waals surface area contributed by atoms with Crippen LogP contribution in [0.4, 0.5) is 0 Å². The first-order valence-corrected chi connectivity index (χ1v) is 12.0. The van der Waals surface area contributed by atoms with Crippen LogP contribution in [-0.4, -0.2) is 28.0 Å². The molecule has 2 aromatic carbocycles. The number of hydrogen-bond acceptors (Lipinski definition) is 4. The number of rotatable bonds is 9. The maximum absolute atomic E-state index is 13.4. The molecule has 0 saturated carbocycles. The highest BCUT2D eigenvalue weighted by Gasteiger charge is 2.28. The monoisotopic (exact) mass is 460 g/mol. The van der Waals surface area contributed by atoms with Crippen molar-refractivity contribution in [2.75, 3.05) is 6.61 Å². The number of nitrogens with one attached hydrogen (secondary N) is 1. The number of benzene rings is 2. The second kappa shape index (κ2) is 10.7. The van der Waals surface area contributed by atoms with Gasteiger partial charge in [-0.3, -0.25) is 9.59 Å². The van der Waals surface area contributed by atoms with Gasteiger partial charge in [-0.15, -0.1) is 0 Å². The van der Waals surface area contributed by atoms with Crippen LogP contribution in [-0.2, 0) is 17.9 Å². The van der Waals surface area contributed by atoms with Crippen LogP contribution < -0.4 is 5.32 Å². The van der Waals surface area contributed by atoms with Crippen LogP contribution in [0.2, 0.25) is 0 Å². The van der Waals surface area contributed by atoms with Gasteiger partial charge >= 0.3 is 0 Å². The van der Waals surface area contributed by atoms with E-state index in [4.69, 9.17) is 4.74 Å². The lowest BCUT2D eigenvalue weighted by atomic mass is 9.90. The summed E-state index contributed by atoms with van der Waals surface area (Å²) in [6, 6.07) is 18.6. The third-order valence-electron chi connectivity index (χ3n) is 6.62. The summed E-state index contributed by atoms with van der Waals surface area (Å²) >= 11 is 0. The highest BCUT2D eigenvalue weighted by molar-refractivity contribution is 6.01. The van der Waals surface area contributed by atoms with E-state index in [9.17, 15) is 14.7 Å². The minimum Gasteiger partial charge on any atom is -0.508 e. The molecule has 34 heavy (non-hydrogen) atoms. The van der Waals surface area contributed by atoms with Crippen LogP contribution in [0.1, 0.15) is 82.7 Å². The number of carbonyl (C=O) groups excluding carboxylic acids is 2. The number of carbonyl (C=O) groups is 2. The fourth-order valence-electron chi connectivity index (χ4n) is 4.70. The molecule has 2 heterocycles. The van der Waals surface area contributed by atoms with E-state index in [0.29, 0.717) is 37.4 Å². The number of Topliss-reactive ketones (excluding diaryl/α,β-unsaturated/α-hetero) is 1. The van der Waals surface area contributed by atoms with Gasteiger partial charge in [0.2, 0.25) is 0 Å². The lowest BCUT2D eigenvalue weighted by Crippen LogP contribution is -2.29. The topological polar surface area (TPSA) is 80.6 Å². The Kier molecular flexibility index (Phi) is 7.48. The van der Waals surface area contributed by atoms with E-state index >= 15 is 0 Å².